The van der Waals surface area contributed by atoms with Crippen LogP contribution in [0.25, 0.3) is 0 Å². The number of amides is 1. The number of nitrogens with one attached hydrogen (secondary N) is 1. The zero-order chi connectivity index (χ0) is 22.1. The molecule has 1 aliphatic heterocycles. The van der Waals surface area contributed by atoms with Gasteiger partial charge in [-0.25, -0.2) is 4.98 Å². The summed E-state index contributed by atoms with van der Waals surface area (Å²) in [6.07, 6.45) is 1.19. The molecule has 1 amide bonds. The monoisotopic (exact) mass is 445 g/mol. The Kier molecular flexibility index (Phi) is 9.24. The molecular formula is C23H35N5O2S. The average Bonchev–Trinajstić information content (AvgIpc) is 3.22. The normalized spacial score (nSPS) is 14.7. The Morgan fingerprint density at radius 2 is 2.00 bits per heavy atom. The molecule has 0 spiro atoms. The first-order valence-electron chi connectivity index (χ1n) is 11.2. The molecule has 0 bridgehead atoms. The summed E-state index contributed by atoms with van der Waals surface area (Å²) in [6.45, 7) is 13.0. The van der Waals surface area contributed by atoms with Crippen LogP contribution in [0.15, 0.2) is 24.3 Å². The maximum atomic E-state index is 12.4. The van der Waals surface area contributed by atoms with Crippen LogP contribution in [0.1, 0.15) is 37.2 Å². The van der Waals surface area contributed by atoms with Crippen molar-refractivity contribution < 1.29 is 9.53 Å². The Hall–Kier alpha value is -2.03. The van der Waals surface area contributed by atoms with E-state index in [1.165, 1.54) is 22.7 Å². The van der Waals surface area contributed by atoms with E-state index >= 15 is 0 Å². The fourth-order valence-corrected chi connectivity index (χ4v) is 4.26. The Balaban J connectivity index is 1.48. The van der Waals surface area contributed by atoms with Crippen molar-refractivity contribution in [3.63, 3.8) is 0 Å². The van der Waals surface area contributed by atoms with Crippen molar-refractivity contribution in [3.05, 3.63) is 41.2 Å². The molecule has 0 aliphatic carbocycles. The van der Waals surface area contributed by atoms with E-state index in [0.717, 1.165) is 56.8 Å². The number of carbonyl (C=O) groups excluding carboxylic acids is 1. The highest BCUT2D eigenvalue weighted by Gasteiger charge is 2.16. The number of anilines is 1. The number of hydrogen-bond acceptors (Lipinski definition) is 7. The molecule has 1 N–H and O–H groups in total. The Bertz CT molecular complexity index is 803. The molecule has 1 aromatic heterocycles. The fourth-order valence-electron chi connectivity index (χ4n) is 3.54. The molecule has 0 saturated carbocycles. The second-order valence-corrected chi connectivity index (χ2v) is 9.28. The van der Waals surface area contributed by atoms with Gasteiger partial charge in [0.15, 0.2) is 0 Å². The molecule has 1 fully saturated rings. The number of aryl methyl sites for hydroxylation is 1. The molecular weight excluding hydrogens is 410 g/mol. The molecule has 1 aliphatic rings. The number of morpholine rings is 1. The minimum absolute atomic E-state index is 0.0893. The van der Waals surface area contributed by atoms with Crippen molar-refractivity contribution in [2.45, 2.75) is 33.6 Å². The first-order chi connectivity index (χ1) is 15.0. The summed E-state index contributed by atoms with van der Waals surface area (Å²) < 4.78 is 9.92. The predicted molar refractivity (Wildman–Crippen MR) is 126 cm³/mol. The fraction of sp³-hybridized carbons (Fsp3) is 0.609. The Morgan fingerprint density at radius 1 is 1.26 bits per heavy atom. The predicted octanol–water partition coefficient (Wildman–Crippen LogP) is 2.74. The van der Waals surface area contributed by atoms with Crippen LogP contribution in [0.4, 0.5) is 5.13 Å². The summed E-state index contributed by atoms with van der Waals surface area (Å²) in [6, 6.07) is 8.49. The van der Waals surface area contributed by atoms with E-state index in [0.29, 0.717) is 25.4 Å². The van der Waals surface area contributed by atoms with E-state index in [9.17, 15) is 4.79 Å². The third-order valence-electron chi connectivity index (χ3n) is 5.26. The molecule has 1 aromatic carbocycles. The van der Waals surface area contributed by atoms with Crippen molar-refractivity contribution >= 4 is 22.6 Å². The highest BCUT2D eigenvalue weighted by molar-refractivity contribution is 7.09. The minimum Gasteiger partial charge on any atom is -0.379 e. The zero-order valence-electron chi connectivity index (χ0n) is 19.0. The first kappa shape index (κ1) is 23.6. The van der Waals surface area contributed by atoms with Crippen LogP contribution in [0.5, 0.6) is 0 Å². The van der Waals surface area contributed by atoms with Gasteiger partial charge in [-0.2, -0.15) is 4.37 Å². The topological polar surface area (TPSA) is 70.6 Å². The van der Waals surface area contributed by atoms with Crippen LogP contribution in [0.2, 0.25) is 0 Å². The van der Waals surface area contributed by atoms with Gasteiger partial charge < -0.3 is 15.0 Å². The lowest BCUT2D eigenvalue weighted by molar-refractivity contribution is -0.121. The van der Waals surface area contributed by atoms with Gasteiger partial charge in [0.1, 0.15) is 5.82 Å². The number of ether oxygens (including phenoxy) is 1. The molecule has 31 heavy (non-hydrogen) atoms. The summed E-state index contributed by atoms with van der Waals surface area (Å²) in [4.78, 5) is 21.7. The van der Waals surface area contributed by atoms with E-state index in [1.807, 2.05) is 0 Å². The van der Waals surface area contributed by atoms with Crippen LogP contribution in [-0.4, -0.2) is 72.6 Å². The smallest absolute Gasteiger partial charge is 0.221 e. The molecule has 3 rings (SSSR count). The Morgan fingerprint density at radius 3 is 2.71 bits per heavy atom. The quantitative estimate of drug-likeness (QED) is 0.574. The molecule has 8 heteroatoms. The second-order valence-electron chi connectivity index (χ2n) is 8.55. The van der Waals surface area contributed by atoms with Gasteiger partial charge in [-0.1, -0.05) is 43.7 Å². The number of benzene rings is 1. The molecule has 0 radical (unpaired) electrons. The second kappa shape index (κ2) is 12.1. The van der Waals surface area contributed by atoms with Crippen molar-refractivity contribution in [1.29, 1.82) is 0 Å². The summed E-state index contributed by atoms with van der Waals surface area (Å²) in [5.41, 5.74) is 2.46. The van der Waals surface area contributed by atoms with Crippen LogP contribution in [0.3, 0.4) is 0 Å². The highest BCUT2D eigenvalue weighted by Crippen LogP contribution is 2.20. The van der Waals surface area contributed by atoms with Gasteiger partial charge >= 0.3 is 0 Å². The maximum absolute atomic E-state index is 12.4. The molecule has 0 atom stereocenters. The van der Waals surface area contributed by atoms with Gasteiger partial charge in [0.2, 0.25) is 11.0 Å². The largest absolute Gasteiger partial charge is 0.379 e. The molecule has 2 heterocycles. The van der Waals surface area contributed by atoms with E-state index in [1.54, 1.807) is 0 Å². The summed E-state index contributed by atoms with van der Waals surface area (Å²) in [5, 5.41) is 3.95. The van der Waals surface area contributed by atoms with E-state index < -0.39 is 0 Å². The molecule has 7 nitrogen and oxygen atoms in total. The lowest BCUT2D eigenvalue weighted by atomic mass is 10.1. The number of aromatic nitrogens is 2. The lowest BCUT2D eigenvalue weighted by Crippen LogP contribution is -2.41. The third-order valence-corrected chi connectivity index (χ3v) is 6.07. The molecule has 170 valence electrons. The average molecular weight is 446 g/mol. The van der Waals surface area contributed by atoms with Gasteiger partial charge in [0.25, 0.3) is 0 Å². The lowest BCUT2D eigenvalue weighted by Gasteiger charge is -2.26. The molecule has 2 aromatic rings. The number of rotatable bonds is 11. The van der Waals surface area contributed by atoms with E-state index in [-0.39, 0.29) is 5.91 Å². The van der Waals surface area contributed by atoms with Gasteiger partial charge in [0, 0.05) is 63.6 Å². The number of carbonyl (C=O) groups is 1. The first-order valence-corrected chi connectivity index (χ1v) is 12.0. The van der Waals surface area contributed by atoms with Crippen molar-refractivity contribution in [1.82, 2.24) is 19.6 Å². The third kappa shape index (κ3) is 8.20. The highest BCUT2D eigenvalue weighted by atomic mass is 32.1. The van der Waals surface area contributed by atoms with Crippen molar-refractivity contribution in [3.8, 4) is 0 Å². The number of nitrogens with zero attached hydrogens (tertiary/aromatic N) is 4. The standard InChI is InChI=1S/C23H35N5O2S/c1-18(2)17-28(10-8-22(29)24-9-11-27-12-14-30-15-13-27)23-25-21(26-31-23)16-20-6-4-19(3)5-7-20/h4-7,18H,8-17H2,1-3H3,(H,24,29). The van der Waals surface area contributed by atoms with Crippen molar-refractivity contribution in [2.75, 3.05) is 57.4 Å². The van der Waals surface area contributed by atoms with Crippen LogP contribution in [0, 0.1) is 12.8 Å². The van der Waals surface area contributed by atoms with Gasteiger partial charge in [-0.15, -0.1) is 0 Å². The van der Waals surface area contributed by atoms with Crippen LogP contribution >= 0.6 is 11.5 Å². The minimum atomic E-state index is 0.0893. The van der Waals surface area contributed by atoms with Gasteiger partial charge in [-0.3, -0.25) is 9.69 Å². The summed E-state index contributed by atoms with van der Waals surface area (Å²) >= 11 is 1.42. The number of hydrogen-bond donors (Lipinski definition) is 1. The Labute approximate surface area is 190 Å². The van der Waals surface area contributed by atoms with E-state index in [2.05, 4.69) is 64.5 Å². The van der Waals surface area contributed by atoms with Gasteiger partial charge in [-0.05, 0) is 18.4 Å². The zero-order valence-corrected chi connectivity index (χ0v) is 19.8. The summed E-state index contributed by atoms with van der Waals surface area (Å²) in [7, 11) is 0. The van der Waals surface area contributed by atoms with Crippen LogP contribution in [-0.2, 0) is 16.0 Å². The SMILES string of the molecule is Cc1ccc(Cc2nsc(N(CCC(=O)NCCN3CCOCC3)CC(C)C)n2)cc1. The molecule has 0 unspecified atom stereocenters. The van der Waals surface area contributed by atoms with Crippen molar-refractivity contribution in [2.24, 2.45) is 5.92 Å². The molecule has 1 saturated heterocycles. The summed E-state index contributed by atoms with van der Waals surface area (Å²) in [5.74, 6) is 1.41. The van der Waals surface area contributed by atoms with Crippen LogP contribution < -0.4 is 10.2 Å². The maximum Gasteiger partial charge on any atom is 0.221 e. The van der Waals surface area contributed by atoms with E-state index in [4.69, 9.17) is 9.72 Å². The van der Waals surface area contributed by atoms with Gasteiger partial charge in [0.05, 0.1) is 13.2 Å².